The van der Waals surface area contributed by atoms with Gasteiger partial charge in [0.1, 0.15) is 0 Å². The van der Waals surface area contributed by atoms with Crippen molar-refractivity contribution in [3.63, 3.8) is 0 Å². The van der Waals surface area contributed by atoms with Crippen LogP contribution in [-0.2, 0) is 6.42 Å². The van der Waals surface area contributed by atoms with E-state index in [0.717, 1.165) is 12.1 Å². The molecule has 0 spiro atoms. The Balaban J connectivity index is 2.12. The highest BCUT2D eigenvalue weighted by atomic mass is 19.4. The number of H-pyrrole nitrogens is 1. The van der Waals surface area contributed by atoms with E-state index < -0.39 is 30.4 Å². The summed E-state index contributed by atoms with van der Waals surface area (Å²) in [4.78, 5) is 2.78. The van der Waals surface area contributed by atoms with Crippen molar-refractivity contribution in [2.24, 2.45) is 0 Å². The third-order valence-electron chi connectivity index (χ3n) is 2.99. The lowest BCUT2D eigenvalue weighted by molar-refractivity contribution is -0.126. The van der Waals surface area contributed by atoms with Crippen LogP contribution in [0.3, 0.4) is 0 Å². The van der Waals surface area contributed by atoms with Gasteiger partial charge in [-0.3, -0.25) is 0 Å². The number of benzene rings is 1. The third-order valence-corrected chi connectivity index (χ3v) is 2.99. The fraction of sp³-hybridized carbons (Fsp3) is 0.385. The largest absolute Gasteiger partial charge is 0.401 e. The van der Waals surface area contributed by atoms with E-state index in [2.05, 4.69) is 10.3 Å². The van der Waals surface area contributed by atoms with E-state index in [9.17, 15) is 22.0 Å². The molecule has 0 amide bonds. The number of aromatic amines is 1. The summed E-state index contributed by atoms with van der Waals surface area (Å²) in [5.74, 6) is -1.94. The molecule has 1 heterocycles. The maximum atomic E-state index is 13.2. The smallest absolute Gasteiger partial charge is 0.361 e. The van der Waals surface area contributed by atoms with Crippen molar-refractivity contribution in [2.45, 2.75) is 25.6 Å². The molecule has 0 unspecified atom stereocenters. The molecule has 1 atom stereocenters. The lowest BCUT2D eigenvalue weighted by Crippen LogP contribution is -2.36. The molecule has 1 aromatic heterocycles. The van der Waals surface area contributed by atoms with E-state index in [1.165, 1.54) is 0 Å². The topological polar surface area (TPSA) is 27.8 Å². The summed E-state index contributed by atoms with van der Waals surface area (Å²) >= 11 is 0. The number of rotatable bonds is 4. The van der Waals surface area contributed by atoms with Gasteiger partial charge in [0.25, 0.3) is 0 Å². The molecule has 20 heavy (non-hydrogen) atoms. The molecule has 2 aromatic rings. The monoisotopic (exact) mass is 292 g/mol. The van der Waals surface area contributed by atoms with Crippen molar-refractivity contribution >= 4 is 10.9 Å². The zero-order valence-electron chi connectivity index (χ0n) is 10.6. The SMILES string of the molecule is C[C@H](Cc1c[nH]c2cc(F)c(F)cc12)NCC(F)(F)F. The molecule has 0 aliphatic heterocycles. The van der Waals surface area contributed by atoms with Crippen LogP contribution in [0.2, 0.25) is 0 Å². The van der Waals surface area contributed by atoms with Gasteiger partial charge in [0, 0.05) is 29.2 Å². The second-order valence-corrected chi connectivity index (χ2v) is 4.73. The molecule has 0 aliphatic carbocycles. The van der Waals surface area contributed by atoms with Crippen molar-refractivity contribution < 1.29 is 22.0 Å². The van der Waals surface area contributed by atoms with Crippen LogP contribution in [0.4, 0.5) is 22.0 Å². The molecular formula is C13H13F5N2. The van der Waals surface area contributed by atoms with Gasteiger partial charge in [-0.2, -0.15) is 13.2 Å². The Bertz CT molecular complexity index is 603. The molecule has 2 nitrogen and oxygen atoms in total. The molecule has 1 aromatic carbocycles. The zero-order chi connectivity index (χ0) is 14.9. The number of aromatic nitrogens is 1. The van der Waals surface area contributed by atoms with Gasteiger partial charge in [-0.1, -0.05) is 0 Å². The van der Waals surface area contributed by atoms with Gasteiger partial charge in [0.2, 0.25) is 0 Å². The lowest BCUT2D eigenvalue weighted by atomic mass is 10.1. The molecule has 0 saturated heterocycles. The van der Waals surface area contributed by atoms with E-state index in [4.69, 9.17) is 0 Å². The van der Waals surface area contributed by atoms with Crippen molar-refractivity contribution in [1.82, 2.24) is 10.3 Å². The molecule has 0 saturated carbocycles. The van der Waals surface area contributed by atoms with Gasteiger partial charge in [-0.05, 0) is 25.0 Å². The van der Waals surface area contributed by atoms with Gasteiger partial charge in [-0.25, -0.2) is 8.78 Å². The predicted molar refractivity (Wildman–Crippen MR) is 65.4 cm³/mol. The summed E-state index contributed by atoms with van der Waals surface area (Å²) in [6, 6.07) is 1.64. The number of halogens is 5. The second-order valence-electron chi connectivity index (χ2n) is 4.73. The van der Waals surface area contributed by atoms with Crippen LogP contribution in [0.15, 0.2) is 18.3 Å². The Morgan fingerprint density at radius 3 is 2.50 bits per heavy atom. The fourth-order valence-electron chi connectivity index (χ4n) is 2.04. The van der Waals surface area contributed by atoms with Crippen LogP contribution in [-0.4, -0.2) is 23.7 Å². The van der Waals surface area contributed by atoms with Gasteiger partial charge < -0.3 is 10.3 Å². The Labute approximate surface area is 112 Å². The number of fused-ring (bicyclic) bond motifs is 1. The minimum absolute atomic E-state index is 0.279. The molecule has 2 rings (SSSR count). The van der Waals surface area contributed by atoms with Crippen molar-refractivity contribution in [3.8, 4) is 0 Å². The molecule has 7 heteroatoms. The highest BCUT2D eigenvalue weighted by molar-refractivity contribution is 5.83. The van der Waals surface area contributed by atoms with Crippen LogP contribution >= 0.6 is 0 Å². The molecule has 2 N–H and O–H groups in total. The van der Waals surface area contributed by atoms with Gasteiger partial charge >= 0.3 is 6.18 Å². The molecule has 0 radical (unpaired) electrons. The van der Waals surface area contributed by atoms with Crippen LogP contribution in [0, 0.1) is 11.6 Å². The molecule has 110 valence electrons. The summed E-state index contributed by atoms with van der Waals surface area (Å²) in [5, 5.41) is 2.82. The Morgan fingerprint density at radius 2 is 1.85 bits per heavy atom. The number of alkyl halides is 3. The first kappa shape index (κ1) is 14.8. The third kappa shape index (κ3) is 3.47. The van der Waals surface area contributed by atoms with Crippen molar-refractivity contribution in [1.29, 1.82) is 0 Å². The van der Waals surface area contributed by atoms with Crippen molar-refractivity contribution in [3.05, 3.63) is 35.5 Å². The minimum Gasteiger partial charge on any atom is -0.361 e. The fourth-order valence-corrected chi connectivity index (χ4v) is 2.04. The van der Waals surface area contributed by atoms with Crippen LogP contribution < -0.4 is 5.32 Å². The molecule has 0 bridgehead atoms. The minimum atomic E-state index is -4.27. The van der Waals surface area contributed by atoms with Gasteiger partial charge in [0.15, 0.2) is 11.6 Å². The molecule has 0 fully saturated rings. The molecular weight excluding hydrogens is 279 g/mol. The zero-order valence-corrected chi connectivity index (χ0v) is 10.6. The summed E-state index contributed by atoms with van der Waals surface area (Å²) in [6.45, 7) is 0.518. The van der Waals surface area contributed by atoms with Crippen LogP contribution in [0.1, 0.15) is 12.5 Å². The highest BCUT2D eigenvalue weighted by Gasteiger charge is 2.27. The number of hydrogen-bond donors (Lipinski definition) is 2. The standard InChI is InChI=1S/C13H13F5N2/c1-7(20-6-13(16,17)18)2-8-5-19-12-4-11(15)10(14)3-9(8)12/h3-5,7,19-20H,2,6H2,1H3/t7-/m1/s1. The Morgan fingerprint density at radius 1 is 1.20 bits per heavy atom. The van der Waals surface area contributed by atoms with E-state index in [0.29, 0.717) is 16.5 Å². The average molecular weight is 292 g/mol. The first-order valence-corrected chi connectivity index (χ1v) is 6.01. The van der Waals surface area contributed by atoms with Crippen molar-refractivity contribution in [2.75, 3.05) is 6.54 Å². The van der Waals surface area contributed by atoms with E-state index in [-0.39, 0.29) is 6.42 Å². The predicted octanol–water partition coefficient (Wildman–Crippen LogP) is 3.53. The van der Waals surface area contributed by atoms with E-state index in [1.54, 1.807) is 13.1 Å². The summed E-state index contributed by atoms with van der Waals surface area (Å²) in [7, 11) is 0. The average Bonchev–Trinajstić information content (AvgIpc) is 2.69. The lowest BCUT2D eigenvalue weighted by Gasteiger charge is -2.15. The van der Waals surface area contributed by atoms with Crippen LogP contribution in [0.25, 0.3) is 10.9 Å². The Kier molecular flexibility index (Phi) is 3.99. The van der Waals surface area contributed by atoms with Gasteiger partial charge in [-0.15, -0.1) is 0 Å². The number of hydrogen-bond acceptors (Lipinski definition) is 1. The summed E-state index contributed by atoms with van der Waals surface area (Å²) < 4.78 is 62.5. The summed E-state index contributed by atoms with van der Waals surface area (Å²) in [6.07, 6.45) is -2.44. The maximum Gasteiger partial charge on any atom is 0.401 e. The second kappa shape index (κ2) is 5.40. The normalized spacial score (nSPS) is 13.9. The maximum absolute atomic E-state index is 13.2. The van der Waals surface area contributed by atoms with Crippen LogP contribution in [0.5, 0.6) is 0 Å². The highest BCUT2D eigenvalue weighted by Crippen LogP contribution is 2.23. The Hall–Kier alpha value is -1.63. The summed E-state index contributed by atoms with van der Waals surface area (Å²) in [5.41, 5.74) is 1.06. The van der Waals surface area contributed by atoms with Gasteiger partial charge in [0.05, 0.1) is 6.54 Å². The first-order valence-electron chi connectivity index (χ1n) is 6.01. The van der Waals surface area contributed by atoms with E-state index >= 15 is 0 Å². The number of nitrogens with one attached hydrogen (secondary N) is 2. The first-order chi connectivity index (χ1) is 9.26. The van der Waals surface area contributed by atoms with E-state index in [1.807, 2.05) is 0 Å². The molecule has 0 aliphatic rings. The quantitative estimate of drug-likeness (QED) is 0.829.